The van der Waals surface area contributed by atoms with Crippen LogP contribution in [0.1, 0.15) is 19.3 Å². The van der Waals surface area contributed by atoms with Crippen molar-refractivity contribution in [1.29, 1.82) is 0 Å². The van der Waals surface area contributed by atoms with Gasteiger partial charge in [-0.1, -0.05) is 6.07 Å². The van der Waals surface area contributed by atoms with Crippen molar-refractivity contribution in [2.24, 2.45) is 0 Å². The highest BCUT2D eigenvalue weighted by Gasteiger charge is 2.16. The van der Waals surface area contributed by atoms with Crippen LogP contribution in [0.5, 0.6) is 0 Å². The Kier molecular flexibility index (Phi) is 1.76. The van der Waals surface area contributed by atoms with E-state index in [-0.39, 0.29) is 0 Å². The van der Waals surface area contributed by atoms with Gasteiger partial charge in [-0.3, -0.25) is 0 Å². The first-order valence-corrected chi connectivity index (χ1v) is 4.13. The third-order valence-corrected chi connectivity index (χ3v) is 2.12. The third kappa shape index (κ3) is 1.50. The number of aromatic nitrogens is 1. The molecule has 1 aliphatic carbocycles. The predicted octanol–water partition coefficient (Wildman–Crippen LogP) is 2.05. The average molecular weight is 148 g/mol. The monoisotopic (exact) mass is 148 g/mol. The molecular weight excluding hydrogens is 136 g/mol. The third-order valence-electron chi connectivity index (χ3n) is 2.12. The molecule has 0 atom stereocenters. The molecule has 0 aromatic carbocycles. The van der Waals surface area contributed by atoms with Crippen LogP contribution in [-0.2, 0) is 0 Å². The molecule has 1 N–H and O–H groups in total. The van der Waals surface area contributed by atoms with Crippen molar-refractivity contribution in [3.8, 4) is 0 Å². The molecule has 11 heavy (non-hydrogen) atoms. The maximum absolute atomic E-state index is 4.19. The molecule has 1 fully saturated rings. The predicted molar refractivity (Wildman–Crippen MR) is 45.5 cm³/mol. The Morgan fingerprint density at radius 1 is 1.36 bits per heavy atom. The number of nitrogens with one attached hydrogen (secondary N) is 1. The Morgan fingerprint density at radius 2 is 2.27 bits per heavy atom. The maximum Gasteiger partial charge on any atom is 0.126 e. The molecular formula is C9H12N2. The molecule has 1 aromatic rings. The Labute approximate surface area is 66.7 Å². The highest BCUT2D eigenvalue weighted by molar-refractivity contribution is 5.34. The molecule has 0 radical (unpaired) electrons. The van der Waals surface area contributed by atoms with Gasteiger partial charge in [-0.05, 0) is 31.4 Å². The van der Waals surface area contributed by atoms with Crippen molar-refractivity contribution < 1.29 is 0 Å². The number of pyridine rings is 1. The summed E-state index contributed by atoms with van der Waals surface area (Å²) in [6.07, 6.45) is 5.79. The SMILES string of the molecule is c1ccc(NC2CCC2)nc1. The van der Waals surface area contributed by atoms with E-state index >= 15 is 0 Å². The van der Waals surface area contributed by atoms with Gasteiger partial charge in [0.2, 0.25) is 0 Å². The highest BCUT2D eigenvalue weighted by atomic mass is 15.0. The van der Waals surface area contributed by atoms with E-state index in [0.29, 0.717) is 6.04 Å². The fraction of sp³-hybridized carbons (Fsp3) is 0.444. The fourth-order valence-corrected chi connectivity index (χ4v) is 1.21. The summed E-state index contributed by atoms with van der Waals surface area (Å²) in [5.41, 5.74) is 0. The van der Waals surface area contributed by atoms with Crippen LogP contribution in [0.3, 0.4) is 0 Å². The van der Waals surface area contributed by atoms with E-state index in [0.717, 1.165) is 5.82 Å². The highest BCUT2D eigenvalue weighted by Crippen LogP contribution is 2.21. The number of hydrogen-bond donors (Lipinski definition) is 1. The van der Waals surface area contributed by atoms with Gasteiger partial charge in [0.1, 0.15) is 5.82 Å². The van der Waals surface area contributed by atoms with Crippen LogP contribution in [0.4, 0.5) is 5.82 Å². The second-order valence-electron chi connectivity index (χ2n) is 2.99. The van der Waals surface area contributed by atoms with Crippen LogP contribution in [-0.4, -0.2) is 11.0 Å². The largest absolute Gasteiger partial charge is 0.367 e. The molecule has 0 spiro atoms. The molecule has 2 heteroatoms. The first-order valence-electron chi connectivity index (χ1n) is 4.13. The van der Waals surface area contributed by atoms with Crippen molar-refractivity contribution in [2.45, 2.75) is 25.3 Å². The minimum Gasteiger partial charge on any atom is -0.367 e. The molecule has 0 amide bonds. The van der Waals surface area contributed by atoms with E-state index in [9.17, 15) is 0 Å². The van der Waals surface area contributed by atoms with Crippen LogP contribution in [0, 0.1) is 0 Å². The van der Waals surface area contributed by atoms with E-state index in [1.165, 1.54) is 19.3 Å². The molecule has 1 aromatic heterocycles. The van der Waals surface area contributed by atoms with Crippen molar-refractivity contribution in [2.75, 3.05) is 5.32 Å². The minimum absolute atomic E-state index is 0.685. The van der Waals surface area contributed by atoms with Gasteiger partial charge in [-0.25, -0.2) is 4.98 Å². The quantitative estimate of drug-likeness (QED) is 0.694. The summed E-state index contributed by atoms with van der Waals surface area (Å²) < 4.78 is 0. The van der Waals surface area contributed by atoms with Crippen molar-refractivity contribution >= 4 is 5.82 Å². The van der Waals surface area contributed by atoms with Gasteiger partial charge in [-0.15, -0.1) is 0 Å². The van der Waals surface area contributed by atoms with Gasteiger partial charge in [0.15, 0.2) is 0 Å². The van der Waals surface area contributed by atoms with Crippen LogP contribution in [0.25, 0.3) is 0 Å². The Balaban J connectivity index is 1.95. The van der Waals surface area contributed by atoms with Gasteiger partial charge >= 0.3 is 0 Å². The minimum atomic E-state index is 0.685. The van der Waals surface area contributed by atoms with E-state index < -0.39 is 0 Å². The number of anilines is 1. The smallest absolute Gasteiger partial charge is 0.126 e. The molecule has 2 nitrogen and oxygen atoms in total. The van der Waals surface area contributed by atoms with Gasteiger partial charge in [0.25, 0.3) is 0 Å². The molecule has 1 saturated carbocycles. The molecule has 2 rings (SSSR count). The Morgan fingerprint density at radius 3 is 2.82 bits per heavy atom. The summed E-state index contributed by atoms with van der Waals surface area (Å²) in [6, 6.07) is 6.64. The molecule has 1 heterocycles. The maximum atomic E-state index is 4.19. The number of hydrogen-bond acceptors (Lipinski definition) is 2. The molecule has 0 unspecified atom stereocenters. The number of nitrogens with zero attached hydrogens (tertiary/aromatic N) is 1. The summed E-state index contributed by atoms with van der Waals surface area (Å²) in [5, 5.41) is 3.37. The lowest BCUT2D eigenvalue weighted by Crippen LogP contribution is -2.27. The zero-order valence-corrected chi connectivity index (χ0v) is 6.46. The van der Waals surface area contributed by atoms with E-state index in [1.54, 1.807) is 0 Å². The summed E-state index contributed by atoms with van der Waals surface area (Å²) in [4.78, 5) is 4.19. The van der Waals surface area contributed by atoms with Crippen molar-refractivity contribution in [1.82, 2.24) is 4.98 Å². The van der Waals surface area contributed by atoms with E-state index in [1.807, 2.05) is 24.4 Å². The molecule has 0 bridgehead atoms. The van der Waals surface area contributed by atoms with Crippen LogP contribution >= 0.6 is 0 Å². The normalized spacial score (nSPS) is 17.5. The van der Waals surface area contributed by atoms with Crippen molar-refractivity contribution in [3.05, 3.63) is 24.4 Å². The van der Waals surface area contributed by atoms with E-state index in [2.05, 4.69) is 10.3 Å². The van der Waals surface area contributed by atoms with Crippen LogP contribution in [0.2, 0.25) is 0 Å². The molecule has 1 aliphatic rings. The Hall–Kier alpha value is -1.05. The lowest BCUT2D eigenvalue weighted by molar-refractivity contribution is 0.444. The van der Waals surface area contributed by atoms with Gasteiger partial charge < -0.3 is 5.32 Å². The first kappa shape index (κ1) is 6.65. The van der Waals surface area contributed by atoms with Crippen molar-refractivity contribution in [3.63, 3.8) is 0 Å². The summed E-state index contributed by atoms with van der Waals surface area (Å²) >= 11 is 0. The topological polar surface area (TPSA) is 24.9 Å². The van der Waals surface area contributed by atoms with Gasteiger partial charge in [-0.2, -0.15) is 0 Å². The lowest BCUT2D eigenvalue weighted by Gasteiger charge is -2.26. The lowest BCUT2D eigenvalue weighted by atomic mass is 9.93. The zero-order chi connectivity index (χ0) is 7.52. The Bertz CT molecular complexity index is 216. The molecule has 58 valence electrons. The van der Waals surface area contributed by atoms with E-state index in [4.69, 9.17) is 0 Å². The molecule has 0 saturated heterocycles. The van der Waals surface area contributed by atoms with Crippen LogP contribution < -0.4 is 5.32 Å². The molecule has 0 aliphatic heterocycles. The second kappa shape index (κ2) is 2.91. The first-order chi connectivity index (χ1) is 5.45. The summed E-state index contributed by atoms with van der Waals surface area (Å²) in [5.74, 6) is 1.01. The fourth-order valence-electron chi connectivity index (χ4n) is 1.21. The summed E-state index contributed by atoms with van der Waals surface area (Å²) in [6.45, 7) is 0. The second-order valence-corrected chi connectivity index (χ2v) is 2.99. The summed E-state index contributed by atoms with van der Waals surface area (Å²) in [7, 11) is 0. The zero-order valence-electron chi connectivity index (χ0n) is 6.46. The van der Waals surface area contributed by atoms with Gasteiger partial charge in [0.05, 0.1) is 0 Å². The number of rotatable bonds is 2. The van der Waals surface area contributed by atoms with Crippen LogP contribution in [0.15, 0.2) is 24.4 Å². The average Bonchev–Trinajstić information content (AvgIpc) is 1.99. The van der Waals surface area contributed by atoms with Gasteiger partial charge in [0, 0.05) is 12.2 Å². The standard InChI is InChI=1S/C9H12N2/c1-2-7-10-9(6-1)11-8-4-3-5-8/h1-2,6-8H,3-5H2,(H,10,11).